The van der Waals surface area contributed by atoms with Crippen LogP contribution in [-0.2, 0) is 9.53 Å². The SMILES string of the molecule is NC(=O)[C@H]1CC[C@H]2OCCN(C(=O)c3cc(=O)c4ccccc4o3)[C@@H]2C1. The first-order valence-electron chi connectivity index (χ1n) is 8.79. The molecule has 0 radical (unpaired) electrons. The van der Waals surface area contributed by atoms with Crippen LogP contribution in [0.5, 0.6) is 0 Å². The van der Waals surface area contributed by atoms with Crippen molar-refractivity contribution in [2.24, 2.45) is 11.7 Å². The van der Waals surface area contributed by atoms with Gasteiger partial charge >= 0.3 is 0 Å². The van der Waals surface area contributed by atoms with E-state index in [2.05, 4.69) is 0 Å². The predicted molar refractivity (Wildman–Crippen MR) is 93.6 cm³/mol. The maximum absolute atomic E-state index is 13.0. The van der Waals surface area contributed by atoms with Crippen LogP contribution in [0.25, 0.3) is 11.0 Å². The lowest BCUT2D eigenvalue weighted by atomic mass is 9.81. The van der Waals surface area contributed by atoms with Gasteiger partial charge in [0.1, 0.15) is 5.58 Å². The molecule has 2 aromatic rings. The largest absolute Gasteiger partial charge is 0.451 e. The van der Waals surface area contributed by atoms with Gasteiger partial charge in [-0.1, -0.05) is 12.1 Å². The van der Waals surface area contributed by atoms with E-state index < -0.39 is 0 Å². The fraction of sp³-hybridized carbons (Fsp3) is 0.421. The zero-order valence-corrected chi connectivity index (χ0v) is 14.2. The maximum atomic E-state index is 13.0. The normalized spacial score (nSPS) is 25.7. The van der Waals surface area contributed by atoms with Gasteiger partial charge in [-0.05, 0) is 31.4 Å². The summed E-state index contributed by atoms with van der Waals surface area (Å²) in [6.07, 6.45) is 1.71. The van der Waals surface area contributed by atoms with Gasteiger partial charge in [0.25, 0.3) is 5.91 Å². The Morgan fingerprint density at radius 3 is 2.81 bits per heavy atom. The first kappa shape index (κ1) is 16.8. The lowest BCUT2D eigenvalue weighted by Gasteiger charge is -2.45. The molecule has 1 aromatic heterocycles. The number of nitrogens with zero attached hydrogens (tertiary/aromatic N) is 1. The summed E-state index contributed by atoms with van der Waals surface area (Å²) in [5, 5.41) is 0.440. The molecular formula is C19H20N2O5. The van der Waals surface area contributed by atoms with Crippen LogP contribution in [0.15, 0.2) is 39.5 Å². The second-order valence-electron chi connectivity index (χ2n) is 6.86. The summed E-state index contributed by atoms with van der Waals surface area (Å²) < 4.78 is 11.5. The van der Waals surface area contributed by atoms with E-state index in [9.17, 15) is 14.4 Å². The van der Waals surface area contributed by atoms with E-state index >= 15 is 0 Å². The fourth-order valence-electron chi connectivity index (χ4n) is 3.97. The highest BCUT2D eigenvalue weighted by atomic mass is 16.5. The number of rotatable bonds is 2. The molecule has 7 nitrogen and oxygen atoms in total. The van der Waals surface area contributed by atoms with E-state index in [1.54, 1.807) is 29.2 Å². The zero-order chi connectivity index (χ0) is 18.3. The van der Waals surface area contributed by atoms with Crippen LogP contribution >= 0.6 is 0 Å². The Bertz CT molecular complexity index is 922. The molecule has 2 amide bonds. The monoisotopic (exact) mass is 356 g/mol. The average molecular weight is 356 g/mol. The number of nitrogens with two attached hydrogens (primary N) is 1. The molecule has 1 aliphatic heterocycles. The van der Waals surface area contributed by atoms with Gasteiger partial charge in [-0.25, -0.2) is 0 Å². The van der Waals surface area contributed by atoms with E-state index in [1.165, 1.54) is 6.07 Å². The molecule has 136 valence electrons. The highest BCUT2D eigenvalue weighted by Crippen LogP contribution is 2.33. The zero-order valence-electron chi connectivity index (χ0n) is 14.2. The molecule has 1 aliphatic carbocycles. The Kier molecular flexibility index (Phi) is 4.24. The van der Waals surface area contributed by atoms with Crippen LogP contribution in [-0.4, -0.2) is 42.0 Å². The van der Waals surface area contributed by atoms with Gasteiger partial charge in [0, 0.05) is 18.5 Å². The summed E-state index contributed by atoms with van der Waals surface area (Å²) in [4.78, 5) is 38.6. The van der Waals surface area contributed by atoms with Crippen LogP contribution in [0.1, 0.15) is 29.8 Å². The Balaban J connectivity index is 1.66. The molecule has 26 heavy (non-hydrogen) atoms. The summed E-state index contributed by atoms with van der Waals surface area (Å²) in [7, 11) is 0. The molecule has 4 rings (SSSR count). The van der Waals surface area contributed by atoms with Crippen molar-refractivity contribution in [3.05, 3.63) is 46.3 Å². The highest BCUT2D eigenvalue weighted by Gasteiger charge is 2.42. The molecule has 2 heterocycles. The van der Waals surface area contributed by atoms with E-state index in [0.717, 1.165) is 0 Å². The van der Waals surface area contributed by atoms with Crippen molar-refractivity contribution in [3.63, 3.8) is 0 Å². The standard InChI is InChI=1S/C19H20N2O5/c20-18(23)11-5-6-16-13(9-11)21(7-8-25-16)19(24)17-10-14(22)12-3-1-2-4-15(12)26-17/h1-4,10-11,13,16H,5-9H2,(H2,20,23)/t11-,13+,16+/m0/s1. The molecular weight excluding hydrogens is 336 g/mol. The lowest BCUT2D eigenvalue weighted by molar-refractivity contribution is -0.128. The van der Waals surface area contributed by atoms with Crippen molar-refractivity contribution in [3.8, 4) is 0 Å². The lowest BCUT2D eigenvalue weighted by Crippen LogP contribution is -2.57. The van der Waals surface area contributed by atoms with E-state index in [1.807, 2.05) is 0 Å². The Hall–Kier alpha value is -2.67. The van der Waals surface area contributed by atoms with E-state index in [0.29, 0.717) is 43.4 Å². The third-order valence-corrected chi connectivity index (χ3v) is 5.33. The number of para-hydroxylation sites is 1. The molecule has 1 saturated heterocycles. The number of morpholine rings is 1. The van der Waals surface area contributed by atoms with Crippen molar-refractivity contribution >= 4 is 22.8 Å². The molecule has 7 heteroatoms. The van der Waals surface area contributed by atoms with Crippen LogP contribution < -0.4 is 11.2 Å². The molecule has 2 N–H and O–H groups in total. The minimum atomic E-state index is -0.351. The highest BCUT2D eigenvalue weighted by molar-refractivity contribution is 5.93. The van der Waals surface area contributed by atoms with Gasteiger partial charge in [0.15, 0.2) is 11.2 Å². The maximum Gasteiger partial charge on any atom is 0.290 e. The van der Waals surface area contributed by atoms with E-state index in [-0.39, 0.29) is 41.1 Å². The summed E-state index contributed by atoms with van der Waals surface area (Å²) in [5.74, 6) is -0.956. The summed E-state index contributed by atoms with van der Waals surface area (Å²) in [6, 6.07) is 7.84. The fourth-order valence-corrected chi connectivity index (χ4v) is 3.97. The quantitative estimate of drug-likeness (QED) is 0.873. The second kappa shape index (κ2) is 6.57. The molecule has 0 bridgehead atoms. The summed E-state index contributed by atoms with van der Waals surface area (Å²) in [5.41, 5.74) is 5.59. The van der Waals surface area contributed by atoms with Crippen molar-refractivity contribution < 1.29 is 18.7 Å². The number of carbonyl (C=O) groups is 2. The molecule has 2 fully saturated rings. The topological polar surface area (TPSA) is 103 Å². The van der Waals surface area contributed by atoms with Crippen molar-refractivity contribution in [2.75, 3.05) is 13.2 Å². The van der Waals surface area contributed by atoms with E-state index in [4.69, 9.17) is 14.9 Å². The minimum Gasteiger partial charge on any atom is -0.451 e. The Labute approximate surface area is 149 Å². The molecule has 2 aliphatic rings. The average Bonchev–Trinajstić information content (AvgIpc) is 2.66. The van der Waals surface area contributed by atoms with Gasteiger partial charge < -0.3 is 19.8 Å². The Morgan fingerprint density at radius 1 is 1.19 bits per heavy atom. The van der Waals surface area contributed by atoms with Crippen LogP contribution in [0.4, 0.5) is 0 Å². The van der Waals surface area contributed by atoms with Crippen LogP contribution in [0, 0.1) is 5.92 Å². The summed E-state index contributed by atoms with van der Waals surface area (Å²) in [6.45, 7) is 0.813. The molecule has 3 atom stereocenters. The third-order valence-electron chi connectivity index (χ3n) is 5.33. The van der Waals surface area contributed by atoms with Gasteiger partial charge in [0.2, 0.25) is 5.91 Å². The van der Waals surface area contributed by atoms with Gasteiger partial charge in [-0.15, -0.1) is 0 Å². The van der Waals surface area contributed by atoms with Gasteiger partial charge in [0.05, 0.1) is 24.1 Å². The first-order valence-corrected chi connectivity index (χ1v) is 8.79. The van der Waals surface area contributed by atoms with Crippen molar-refractivity contribution in [1.29, 1.82) is 0 Å². The van der Waals surface area contributed by atoms with Crippen molar-refractivity contribution in [2.45, 2.75) is 31.4 Å². The van der Waals surface area contributed by atoms with Gasteiger partial charge in [-0.2, -0.15) is 0 Å². The number of carbonyl (C=O) groups excluding carboxylic acids is 2. The van der Waals surface area contributed by atoms with Crippen molar-refractivity contribution in [1.82, 2.24) is 4.90 Å². The number of fused-ring (bicyclic) bond motifs is 2. The number of hydrogen-bond acceptors (Lipinski definition) is 5. The first-order chi connectivity index (χ1) is 12.5. The van der Waals surface area contributed by atoms with Gasteiger partial charge in [-0.3, -0.25) is 14.4 Å². The Morgan fingerprint density at radius 2 is 2.00 bits per heavy atom. The molecule has 0 spiro atoms. The number of hydrogen-bond donors (Lipinski definition) is 1. The minimum absolute atomic E-state index is 0.00977. The molecule has 1 saturated carbocycles. The molecule has 0 unspecified atom stereocenters. The number of benzene rings is 1. The summed E-state index contributed by atoms with van der Waals surface area (Å²) >= 11 is 0. The van der Waals surface area contributed by atoms with Crippen LogP contribution in [0.2, 0.25) is 0 Å². The third kappa shape index (κ3) is 2.88. The van der Waals surface area contributed by atoms with Crippen LogP contribution in [0.3, 0.4) is 0 Å². The second-order valence-corrected chi connectivity index (χ2v) is 6.86. The molecule has 1 aromatic carbocycles. The number of primary amides is 1. The number of ether oxygens (including phenoxy) is 1. The number of amides is 2. The smallest absolute Gasteiger partial charge is 0.290 e. The predicted octanol–water partition coefficient (Wildman–Crippen LogP) is 1.29.